The summed E-state index contributed by atoms with van der Waals surface area (Å²) in [5, 5.41) is 9.36. The summed E-state index contributed by atoms with van der Waals surface area (Å²) in [6.45, 7) is 2.46. The molecule has 0 amide bonds. The van der Waals surface area contributed by atoms with Gasteiger partial charge in [-0.1, -0.05) is 0 Å². The van der Waals surface area contributed by atoms with Crippen LogP contribution in [0, 0.1) is 17.8 Å². The van der Waals surface area contributed by atoms with Crippen LogP contribution in [0.15, 0.2) is 0 Å². The van der Waals surface area contributed by atoms with Gasteiger partial charge in [0, 0.05) is 18.8 Å². The van der Waals surface area contributed by atoms with Crippen molar-refractivity contribution in [2.45, 2.75) is 56.2 Å². The van der Waals surface area contributed by atoms with Crippen molar-refractivity contribution in [1.29, 1.82) is 0 Å². The molecule has 1 aliphatic heterocycles. The lowest BCUT2D eigenvalue weighted by atomic mass is 9.84. The van der Waals surface area contributed by atoms with E-state index in [1.54, 1.807) is 0 Å². The van der Waals surface area contributed by atoms with E-state index in [0.717, 1.165) is 6.92 Å². The lowest BCUT2D eigenvalue weighted by Gasteiger charge is -2.36. The zero-order valence-corrected chi connectivity index (χ0v) is 15.3. The maximum atomic E-state index is 13.8. The van der Waals surface area contributed by atoms with Gasteiger partial charge in [0.05, 0.1) is 5.92 Å². The van der Waals surface area contributed by atoms with E-state index >= 15 is 0 Å². The summed E-state index contributed by atoms with van der Waals surface area (Å²) in [6, 6.07) is 0. The van der Waals surface area contributed by atoms with E-state index in [1.165, 1.54) is 0 Å². The zero-order chi connectivity index (χ0) is 20.5. The molecule has 0 spiro atoms. The molecule has 2 bridgehead atoms. The average Bonchev–Trinajstić information content (AvgIpc) is 3.08. The van der Waals surface area contributed by atoms with Gasteiger partial charge in [-0.05, 0) is 20.3 Å². The first-order chi connectivity index (χ1) is 12.2. The van der Waals surface area contributed by atoms with Crippen LogP contribution in [-0.4, -0.2) is 55.3 Å². The topological polar surface area (TPSA) is 136 Å². The minimum atomic E-state index is -4.51. The highest BCUT2D eigenvalue weighted by Gasteiger charge is 2.72. The van der Waals surface area contributed by atoms with Gasteiger partial charge >= 0.3 is 17.9 Å². The first-order valence-electron chi connectivity index (χ1n) is 8.12. The summed E-state index contributed by atoms with van der Waals surface area (Å²) in [4.78, 5) is 34.6. The molecule has 2 aliphatic carbocycles. The number of carboxylic acid groups (broad SMARTS) is 1. The zero-order valence-electron chi connectivity index (χ0n) is 14.5. The van der Waals surface area contributed by atoms with Crippen molar-refractivity contribution in [2.24, 2.45) is 17.8 Å². The fourth-order valence-electron chi connectivity index (χ4n) is 4.27. The Morgan fingerprint density at radius 2 is 1.78 bits per heavy atom. The third kappa shape index (κ3) is 2.80. The molecule has 3 aliphatic rings. The van der Waals surface area contributed by atoms with Crippen LogP contribution >= 0.6 is 0 Å². The number of rotatable bonds is 5. The highest BCUT2D eigenvalue weighted by atomic mass is 32.2. The molecule has 1 saturated heterocycles. The SMILES string of the molecule is CC(=O)OC1C2CC3C1OS(=O)(=O)C3C2C(=O)OC(C)(C)C(F)(F)C(=O)[O-]. The lowest BCUT2D eigenvalue weighted by molar-refractivity contribution is -0.342. The van der Waals surface area contributed by atoms with Gasteiger partial charge in [-0.2, -0.15) is 17.2 Å². The van der Waals surface area contributed by atoms with Crippen LogP contribution in [0.25, 0.3) is 0 Å². The summed E-state index contributed by atoms with van der Waals surface area (Å²) >= 11 is 0. The van der Waals surface area contributed by atoms with Gasteiger partial charge in [0.1, 0.15) is 23.4 Å². The molecule has 12 heteroatoms. The molecule has 0 N–H and O–H groups in total. The van der Waals surface area contributed by atoms with Crippen molar-refractivity contribution in [3.63, 3.8) is 0 Å². The number of hydrogen-bond acceptors (Lipinski definition) is 9. The van der Waals surface area contributed by atoms with Crippen LogP contribution in [0.4, 0.5) is 8.78 Å². The number of carbonyl (C=O) groups excluding carboxylic acids is 3. The van der Waals surface area contributed by atoms with E-state index in [0.29, 0.717) is 13.8 Å². The number of alkyl halides is 2. The van der Waals surface area contributed by atoms with Gasteiger partial charge in [0.25, 0.3) is 10.1 Å². The van der Waals surface area contributed by atoms with Crippen LogP contribution in [0.1, 0.15) is 27.2 Å². The smallest absolute Gasteiger partial charge is 0.325 e. The number of hydrogen-bond donors (Lipinski definition) is 0. The van der Waals surface area contributed by atoms with E-state index < -0.39 is 74.8 Å². The van der Waals surface area contributed by atoms with E-state index in [1.807, 2.05) is 0 Å². The Labute approximate surface area is 153 Å². The van der Waals surface area contributed by atoms with Crippen molar-refractivity contribution < 1.29 is 50.3 Å². The molecule has 152 valence electrons. The fourth-order valence-corrected chi connectivity index (χ4v) is 6.33. The van der Waals surface area contributed by atoms with Crippen molar-refractivity contribution in [1.82, 2.24) is 0 Å². The standard InChI is InChI=1S/C15H18F2O9S/c1-5(18)24-9-6-4-7-10(9)26-27(22,23)11(7)8(6)12(19)25-14(2,3)15(16,17)13(20)21/h6-11H,4H2,1-3H3,(H,20,21)/p-1. The summed E-state index contributed by atoms with van der Waals surface area (Å²) in [7, 11) is -4.21. The molecular weight excluding hydrogens is 394 g/mol. The van der Waals surface area contributed by atoms with Crippen molar-refractivity contribution >= 4 is 28.0 Å². The monoisotopic (exact) mass is 411 g/mol. The van der Waals surface area contributed by atoms with Gasteiger partial charge in [0.15, 0.2) is 5.60 Å². The predicted octanol–water partition coefficient (Wildman–Crippen LogP) is -1.01. The minimum absolute atomic E-state index is 0.170. The Bertz CT molecular complexity index is 806. The summed E-state index contributed by atoms with van der Waals surface area (Å²) in [6.07, 6.45) is -1.80. The number of carboxylic acids is 1. The molecule has 0 aromatic heterocycles. The van der Waals surface area contributed by atoms with Gasteiger partial charge < -0.3 is 19.4 Å². The van der Waals surface area contributed by atoms with Crippen LogP contribution in [-0.2, 0) is 38.2 Å². The molecule has 0 aromatic rings. The van der Waals surface area contributed by atoms with E-state index in [-0.39, 0.29) is 6.42 Å². The van der Waals surface area contributed by atoms with E-state index in [9.17, 15) is 36.7 Å². The average molecular weight is 411 g/mol. The van der Waals surface area contributed by atoms with Crippen molar-refractivity contribution in [3.05, 3.63) is 0 Å². The maximum Gasteiger partial charge on any atom is 0.325 e. The normalized spacial score (nSPS) is 36.5. The van der Waals surface area contributed by atoms with Crippen molar-refractivity contribution in [2.75, 3.05) is 0 Å². The number of carbonyl (C=O) groups is 3. The molecule has 6 atom stereocenters. The minimum Gasteiger partial charge on any atom is -0.544 e. The van der Waals surface area contributed by atoms with Crippen LogP contribution < -0.4 is 5.11 Å². The maximum absolute atomic E-state index is 13.8. The van der Waals surface area contributed by atoms with Crippen LogP contribution in [0.3, 0.4) is 0 Å². The summed E-state index contributed by atoms with van der Waals surface area (Å²) in [5.41, 5.74) is -2.79. The molecule has 0 radical (unpaired) electrons. The molecule has 0 aromatic carbocycles. The first kappa shape index (κ1) is 19.9. The van der Waals surface area contributed by atoms with Crippen LogP contribution in [0.5, 0.6) is 0 Å². The van der Waals surface area contributed by atoms with Gasteiger partial charge in [-0.3, -0.25) is 13.8 Å². The second-order valence-corrected chi connectivity index (χ2v) is 9.20. The molecule has 27 heavy (non-hydrogen) atoms. The molecule has 6 unspecified atom stereocenters. The Kier molecular flexibility index (Phi) is 4.31. The highest BCUT2D eigenvalue weighted by molar-refractivity contribution is 7.87. The number of esters is 2. The lowest BCUT2D eigenvalue weighted by Crippen LogP contribution is -2.58. The quantitative estimate of drug-likeness (QED) is 0.412. The molecule has 9 nitrogen and oxygen atoms in total. The third-order valence-corrected chi connectivity index (χ3v) is 7.27. The Morgan fingerprint density at radius 3 is 2.30 bits per heavy atom. The third-order valence-electron chi connectivity index (χ3n) is 5.47. The Morgan fingerprint density at radius 1 is 1.19 bits per heavy atom. The number of halogens is 2. The highest BCUT2D eigenvalue weighted by Crippen LogP contribution is 2.59. The summed E-state index contributed by atoms with van der Waals surface area (Å²) in [5.74, 6) is -12.1. The molecule has 2 saturated carbocycles. The number of aliphatic carboxylic acids is 1. The summed E-state index contributed by atoms with van der Waals surface area (Å²) < 4.78 is 67.0. The van der Waals surface area contributed by atoms with Crippen molar-refractivity contribution in [3.8, 4) is 0 Å². The molecule has 3 fully saturated rings. The second kappa shape index (κ2) is 5.84. The fraction of sp³-hybridized carbons (Fsp3) is 0.800. The molecule has 3 rings (SSSR count). The second-order valence-electron chi connectivity index (χ2n) is 7.47. The van der Waals surface area contributed by atoms with Gasteiger partial charge in [0.2, 0.25) is 0 Å². The number of fused-ring (bicyclic) bond motifs is 1. The largest absolute Gasteiger partial charge is 0.544 e. The Balaban J connectivity index is 1.91. The van der Waals surface area contributed by atoms with Crippen LogP contribution in [0.2, 0.25) is 0 Å². The Hall–Kier alpha value is -1.82. The number of ether oxygens (including phenoxy) is 2. The molecule has 1 heterocycles. The predicted molar refractivity (Wildman–Crippen MR) is 78.3 cm³/mol. The first-order valence-corrected chi connectivity index (χ1v) is 9.59. The van der Waals surface area contributed by atoms with E-state index in [2.05, 4.69) is 0 Å². The van der Waals surface area contributed by atoms with Gasteiger partial charge in [-0.25, -0.2) is 0 Å². The van der Waals surface area contributed by atoms with E-state index in [4.69, 9.17) is 13.7 Å². The van der Waals surface area contributed by atoms with Gasteiger partial charge in [-0.15, -0.1) is 0 Å². The molecular formula is C15H17F2O9S-.